The van der Waals surface area contributed by atoms with Crippen LogP contribution in [0.5, 0.6) is 11.6 Å². The summed E-state index contributed by atoms with van der Waals surface area (Å²) >= 11 is 6.01. The molecule has 0 aliphatic carbocycles. The predicted octanol–water partition coefficient (Wildman–Crippen LogP) is 3.53. The number of halogens is 1. The average Bonchev–Trinajstić information content (AvgIpc) is 2.57. The summed E-state index contributed by atoms with van der Waals surface area (Å²) in [4.78, 5) is 17.9. The van der Waals surface area contributed by atoms with Gasteiger partial charge in [-0.1, -0.05) is 37.6 Å². The van der Waals surface area contributed by atoms with Gasteiger partial charge < -0.3 is 14.4 Å². The average molecular weight is 361 g/mol. The van der Waals surface area contributed by atoms with Gasteiger partial charge in [-0.05, 0) is 35.7 Å². The predicted molar refractivity (Wildman–Crippen MR) is 96.3 cm³/mol. The Labute approximate surface area is 152 Å². The minimum Gasteiger partial charge on any atom is -0.484 e. The van der Waals surface area contributed by atoms with Crippen molar-refractivity contribution in [2.75, 3.05) is 19.7 Å². The summed E-state index contributed by atoms with van der Waals surface area (Å²) in [6, 6.07) is 11.3. The maximum atomic E-state index is 12.1. The molecule has 0 N–H and O–H groups in total. The highest BCUT2D eigenvalue weighted by atomic mass is 35.5. The van der Waals surface area contributed by atoms with Crippen LogP contribution in [0.4, 0.5) is 0 Å². The van der Waals surface area contributed by atoms with Crippen molar-refractivity contribution in [3.05, 3.63) is 53.2 Å². The number of likely N-dealkylation sites (tertiary alicyclic amines) is 1. The van der Waals surface area contributed by atoms with Crippen molar-refractivity contribution in [3.8, 4) is 11.6 Å². The van der Waals surface area contributed by atoms with Crippen molar-refractivity contribution in [3.63, 3.8) is 0 Å². The van der Waals surface area contributed by atoms with Gasteiger partial charge >= 0.3 is 0 Å². The van der Waals surface area contributed by atoms with E-state index in [0.717, 1.165) is 0 Å². The molecule has 0 spiro atoms. The molecule has 6 heteroatoms. The molecule has 132 valence electrons. The summed E-state index contributed by atoms with van der Waals surface area (Å²) in [6.45, 7) is 5.33. The number of hydrogen-bond donors (Lipinski definition) is 0. The van der Waals surface area contributed by atoms with Crippen LogP contribution in [0.1, 0.15) is 25.3 Å². The Morgan fingerprint density at radius 1 is 1.28 bits per heavy atom. The standard InChI is InChI=1S/C19H21ClN2O3/c1-13(2)14-5-7-15(8-6-14)24-12-18(23)22-10-16(11-22)25-19-17(20)4-3-9-21-19/h3-9,13,16H,10-12H2,1-2H3. The number of benzene rings is 1. The summed E-state index contributed by atoms with van der Waals surface area (Å²) in [5.74, 6) is 1.52. The number of rotatable bonds is 6. The van der Waals surface area contributed by atoms with Crippen molar-refractivity contribution in [2.45, 2.75) is 25.9 Å². The molecule has 1 aliphatic heterocycles. The Hall–Kier alpha value is -2.27. The number of nitrogens with zero attached hydrogens (tertiary/aromatic N) is 2. The molecule has 1 fully saturated rings. The first-order valence-corrected chi connectivity index (χ1v) is 8.68. The second-order valence-electron chi connectivity index (χ2n) is 6.34. The highest BCUT2D eigenvalue weighted by Gasteiger charge is 2.33. The Morgan fingerprint density at radius 3 is 2.64 bits per heavy atom. The van der Waals surface area contributed by atoms with Crippen molar-refractivity contribution in [2.24, 2.45) is 0 Å². The van der Waals surface area contributed by atoms with Gasteiger partial charge in [0.05, 0.1) is 13.1 Å². The topological polar surface area (TPSA) is 51.7 Å². The SMILES string of the molecule is CC(C)c1ccc(OCC(=O)N2CC(Oc3ncccc3Cl)C2)cc1. The normalized spacial score (nSPS) is 14.3. The quantitative estimate of drug-likeness (QED) is 0.790. The van der Waals surface area contributed by atoms with Gasteiger partial charge in [0.1, 0.15) is 16.9 Å². The van der Waals surface area contributed by atoms with Gasteiger partial charge in [-0.3, -0.25) is 4.79 Å². The molecule has 1 aromatic heterocycles. The maximum Gasteiger partial charge on any atom is 0.260 e. The fraction of sp³-hybridized carbons (Fsp3) is 0.368. The van der Waals surface area contributed by atoms with Crippen LogP contribution in [0.25, 0.3) is 0 Å². The minimum atomic E-state index is -0.0818. The van der Waals surface area contributed by atoms with Gasteiger partial charge in [-0.15, -0.1) is 0 Å². The van der Waals surface area contributed by atoms with E-state index < -0.39 is 0 Å². The number of hydrogen-bond acceptors (Lipinski definition) is 4. The third-order valence-corrected chi connectivity index (χ3v) is 4.40. The molecule has 0 atom stereocenters. The number of carbonyl (C=O) groups is 1. The summed E-state index contributed by atoms with van der Waals surface area (Å²) in [5, 5.41) is 0.473. The van der Waals surface area contributed by atoms with E-state index in [2.05, 4.69) is 18.8 Å². The lowest BCUT2D eigenvalue weighted by Gasteiger charge is -2.38. The van der Waals surface area contributed by atoms with Crippen LogP contribution in [0.2, 0.25) is 5.02 Å². The van der Waals surface area contributed by atoms with E-state index in [1.165, 1.54) is 5.56 Å². The third-order valence-electron chi connectivity index (χ3n) is 4.11. The first-order valence-electron chi connectivity index (χ1n) is 8.30. The molecular formula is C19H21ClN2O3. The van der Waals surface area contributed by atoms with Gasteiger partial charge in [0.25, 0.3) is 5.91 Å². The van der Waals surface area contributed by atoms with Crippen LogP contribution >= 0.6 is 11.6 Å². The fourth-order valence-electron chi connectivity index (χ4n) is 2.52. The van der Waals surface area contributed by atoms with E-state index in [4.69, 9.17) is 21.1 Å². The van der Waals surface area contributed by atoms with Crippen LogP contribution in [0.3, 0.4) is 0 Å². The monoisotopic (exact) mass is 360 g/mol. The highest BCUT2D eigenvalue weighted by Crippen LogP contribution is 2.24. The Bertz CT molecular complexity index is 728. The smallest absolute Gasteiger partial charge is 0.260 e. The Morgan fingerprint density at radius 2 is 2.00 bits per heavy atom. The molecular weight excluding hydrogens is 340 g/mol. The second kappa shape index (κ2) is 7.74. The molecule has 0 bridgehead atoms. The lowest BCUT2D eigenvalue weighted by Crippen LogP contribution is -2.57. The van der Waals surface area contributed by atoms with E-state index in [0.29, 0.717) is 35.7 Å². The van der Waals surface area contributed by atoms with Crippen molar-refractivity contribution in [1.82, 2.24) is 9.88 Å². The molecule has 3 rings (SSSR count). The lowest BCUT2D eigenvalue weighted by atomic mass is 10.0. The first kappa shape index (κ1) is 17.5. The van der Waals surface area contributed by atoms with Crippen LogP contribution in [0, 0.1) is 0 Å². The number of aromatic nitrogens is 1. The number of ether oxygens (including phenoxy) is 2. The van der Waals surface area contributed by atoms with E-state index in [1.54, 1.807) is 23.2 Å². The largest absolute Gasteiger partial charge is 0.484 e. The first-order chi connectivity index (χ1) is 12.0. The van der Waals surface area contributed by atoms with Crippen LogP contribution in [-0.4, -0.2) is 41.6 Å². The zero-order valence-corrected chi connectivity index (χ0v) is 15.1. The zero-order chi connectivity index (χ0) is 17.8. The Kier molecular flexibility index (Phi) is 5.43. The molecule has 1 amide bonds. The molecule has 0 radical (unpaired) electrons. The van der Waals surface area contributed by atoms with Crippen LogP contribution in [0.15, 0.2) is 42.6 Å². The van der Waals surface area contributed by atoms with Crippen molar-refractivity contribution >= 4 is 17.5 Å². The molecule has 1 aromatic carbocycles. The summed E-state index contributed by atoms with van der Waals surface area (Å²) in [6.07, 6.45) is 1.54. The number of carbonyl (C=O) groups excluding carboxylic acids is 1. The fourth-order valence-corrected chi connectivity index (χ4v) is 2.68. The van der Waals surface area contributed by atoms with Gasteiger partial charge in [0.15, 0.2) is 6.61 Å². The van der Waals surface area contributed by atoms with Gasteiger partial charge in [-0.2, -0.15) is 0 Å². The van der Waals surface area contributed by atoms with E-state index in [1.807, 2.05) is 24.3 Å². The van der Waals surface area contributed by atoms with E-state index in [9.17, 15) is 4.79 Å². The molecule has 0 saturated carbocycles. The third kappa shape index (κ3) is 4.42. The van der Waals surface area contributed by atoms with Crippen molar-refractivity contribution < 1.29 is 14.3 Å². The van der Waals surface area contributed by atoms with Crippen LogP contribution < -0.4 is 9.47 Å². The molecule has 5 nitrogen and oxygen atoms in total. The van der Waals surface area contributed by atoms with Gasteiger partial charge in [0.2, 0.25) is 5.88 Å². The summed E-state index contributed by atoms with van der Waals surface area (Å²) in [5.41, 5.74) is 1.24. The Balaban J connectivity index is 1.42. The molecule has 2 heterocycles. The molecule has 1 saturated heterocycles. The van der Waals surface area contributed by atoms with Gasteiger partial charge in [0, 0.05) is 6.20 Å². The van der Waals surface area contributed by atoms with Crippen LogP contribution in [-0.2, 0) is 4.79 Å². The highest BCUT2D eigenvalue weighted by molar-refractivity contribution is 6.31. The number of pyridine rings is 1. The maximum absolute atomic E-state index is 12.1. The molecule has 0 unspecified atom stereocenters. The van der Waals surface area contributed by atoms with E-state index in [-0.39, 0.29) is 18.6 Å². The minimum absolute atomic E-state index is 0.0259. The van der Waals surface area contributed by atoms with Crippen molar-refractivity contribution in [1.29, 1.82) is 0 Å². The van der Waals surface area contributed by atoms with Gasteiger partial charge in [-0.25, -0.2) is 4.98 Å². The molecule has 2 aromatic rings. The van der Waals surface area contributed by atoms with E-state index >= 15 is 0 Å². The number of amides is 1. The molecule has 1 aliphatic rings. The summed E-state index contributed by atoms with van der Waals surface area (Å²) < 4.78 is 11.2. The summed E-state index contributed by atoms with van der Waals surface area (Å²) in [7, 11) is 0. The molecule has 25 heavy (non-hydrogen) atoms. The lowest BCUT2D eigenvalue weighted by molar-refractivity contribution is -0.142. The second-order valence-corrected chi connectivity index (χ2v) is 6.75. The zero-order valence-electron chi connectivity index (χ0n) is 14.3.